The highest BCUT2D eigenvalue weighted by Gasteiger charge is 2.31. The average molecular weight is 276 g/mol. The molecular weight excluding hydrogens is 266 g/mol. The lowest BCUT2D eigenvalue weighted by Crippen LogP contribution is -2.22. The number of aromatic hydroxyl groups is 1. The number of hydrogen-bond acceptors (Lipinski definition) is 3. The van der Waals surface area contributed by atoms with E-state index < -0.39 is 17.7 Å². The standard InChI is InChI=1S/C15H10F2O3/c16-10-2-1-3-11(17)15(10)14-7-12(19)9-6-8(18)4-5-13(9)20-14/h1-6,14,18H,7H2. The van der Waals surface area contributed by atoms with Gasteiger partial charge in [0.2, 0.25) is 0 Å². The summed E-state index contributed by atoms with van der Waals surface area (Å²) in [6.07, 6.45) is -1.17. The summed E-state index contributed by atoms with van der Waals surface area (Å²) in [5.74, 6) is -1.66. The van der Waals surface area contributed by atoms with Crippen molar-refractivity contribution in [1.82, 2.24) is 0 Å². The molecule has 0 aromatic heterocycles. The Kier molecular flexibility index (Phi) is 2.89. The number of Topliss-reactive ketones (excluding diaryl/α,β-unsaturated/α-hetero) is 1. The van der Waals surface area contributed by atoms with Crippen LogP contribution >= 0.6 is 0 Å². The van der Waals surface area contributed by atoms with Crippen molar-refractivity contribution in [2.75, 3.05) is 0 Å². The van der Waals surface area contributed by atoms with Gasteiger partial charge >= 0.3 is 0 Å². The molecule has 0 spiro atoms. The minimum Gasteiger partial charge on any atom is -0.508 e. The van der Waals surface area contributed by atoms with Gasteiger partial charge in [-0.05, 0) is 30.3 Å². The van der Waals surface area contributed by atoms with Crippen molar-refractivity contribution in [1.29, 1.82) is 0 Å². The Morgan fingerprint density at radius 3 is 2.55 bits per heavy atom. The first kappa shape index (κ1) is 12.6. The summed E-state index contributed by atoms with van der Waals surface area (Å²) in [6.45, 7) is 0. The summed E-state index contributed by atoms with van der Waals surface area (Å²) >= 11 is 0. The Morgan fingerprint density at radius 2 is 1.85 bits per heavy atom. The third kappa shape index (κ3) is 2.01. The molecular formula is C15H10F2O3. The zero-order valence-electron chi connectivity index (χ0n) is 10.3. The number of fused-ring (bicyclic) bond motifs is 1. The zero-order valence-corrected chi connectivity index (χ0v) is 10.3. The second-order valence-corrected chi connectivity index (χ2v) is 4.55. The molecule has 1 unspecified atom stereocenters. The van der Waals surface area contributed by atoms with Crippen LogP contribution < -0.4 is 4.74 Å². The van der Waals surface area contributed by atoms with Crippen LogP contribution in [0.15, 0.2) is 36.4 Å². The van der Waals surface area contributed by atoms with Crippen LogP contribution in [0.3, 0.4) is 0 Å². The van der Waals surface area contributed by atoms with Crippen LogP contribution in [0.5, 0.6) is 11.5 Å². The fourth-order valence-corrected chi connectivity index (χ4v) is 2.29. The molecule has 20 heavy (non-hydrogen) atoms. The van der Waals surface area contributed by atoms with Crippen molar-refractivity contribution in [3.63, 3.8) is 0 Å². The number of ether oxygens (including phenoxy) is 1. The Bertz CT molecular complexity index is 677. The van der Waals surface area contributed by atoms with E-state index in [0.717, 1.165) is 12.1 Å². The second kappa shape index (κ2) is 4.59. The van der Waals surface area contributed by atoms with Gasteiger partial charge in [-0.2, -0.15) is 0 Å². The smallest absolute Gasteiger partial charge is 0.170 e. The number of carbonyl (C=O) groups excluding carboxylic acids is 1. The first-order valence-electron chi connectivity index (χ1n) is 6.03. The van der Waals surface area contributed by atoms with Crippen molar-refractivity contribution < 1.29 is 23.4 Å². The molecule has 1 heterocycles. The monoisotopic (exact) mass is 276 g/mol. The van der Waals surface area contributed by atoms with E-state index in [1.165, 1.54) is 24.3 Å². The molecule has 102 valence electrons. The molecule has 0 fully saturated rings. The van der Waals surface area contributed by atoms with Gasteiger partial charge < -0.3 is 9.84 Å². The molecule has 5 heteroatoms. The van der Waals surface area contributed by atoms with Gasteiger partial charge in [-0.1, -0.05) is 6.07 Å². The van der Waals surface area contributed by atoms with Crippen LogP contribution in [0.1, 0.15) is 28.4 Å². The van der Waals surface area contributed by atoms with Gasteiger partial charge in [0.15, 0.2) is 5.78 Å². The van der Waals surface area contributed by atoms with Crippen LogP contribution in [-0.4, -0.2) is 10.9 Å². The highest BCUT2D eigenvalue weighted by molar-refractivity contribution is 6.00. The normalized spacial score (nSPS) is 17.5. The predicted octanol–water partition coefficient (Wildman–Crippen LogP) is 3.38. The quantitative estimate of drug-likeness (QED) is 0.868. The van der Waals surface area contributed by atoms with Crippen molar-refractivity contribution in [3.8, 4) is 11.5 Å². The van der Waals surface area contributed by atoms with E-state index in [1.54, 1.807) is 0 Å². The molecule has 3 nitrogen and oxygen atoms in total. The molecule has 1 aliphatic heterocycles. The Morgan fingerprint density at radius 1 is 1.15 bits per heavy atom. The van der Waals surface area contributed by atoms with Gasteiger partial charge in [-0.15, -0.1) is 0 Å². The summed E-state index contributed by atoms with van der Waals surface area (Å²) in [5.41, 5.74) is -0.0300. The summed E-state index contributed by atoms with van der Waals surface area (Å²) in [7, 11) is 0. The van der Waals surface area contributed by atoms with Crippen LogP contribution in [0.4, 0.5) is 8.78 Å². The maximum absolute atomic E-state index is 13.7. The summed E-state index contributed by atoms with van der Waals surface area (Å²) < 4.78 is 33.0. The first-order valence-corrected chi connectivity index (χ1v) is 6.03. The number of hydrogen-bond donors (Lipinski definition) is 1. The Balaban J connectivity index is 2.04. The molecule has 1 N–H and O–H groups in total. The van der Waals surface area contributed by atoms with Gasteiger partial charge in [0.05, 0.1) is 17.5 Å². The summed E-state index contributed by atoms with van der Waals surface area (Å²) in [6, 6.07) is 7.55. The average Bonchev–Trinajstić information content (AvgIpc) is 2.39. The van der Waals surface area contributed by atoms with Gasteiger partial charge in [-0.25, -0.2) is 8.78 Å². The SMILES string of the molecule is O=C1CC(c2c(F)cccc2F)Oc2ccc(O)cc21. The van der Waals surface area contributed by atoms with E-state index in [4.69, 9.17) is 4.74 Å². The molecule has 0 aliphatic carbocycles. The molecule has 1 atom stereocenters. The second-order valence-electron chi connectivity index (χ2n) is 4.55. The fraction of sp³-hybridized carbons (Fsp3) is 0.133. The molecule has 0 saturated heterocycles. The van der Waals surface area contributed by atoms with Crippen LogP contribution in [0, 0.1) is 11.6 Å². The largest absolute Gasteiger partial charge is 0.508 e. The number of benzene rings is 2. The maximum Gasteiger partial charge on any atom is 0.170 e. The van der Waals surface area contributed by atoms with E-state index in [-0.39, 0.29) is 34.8 Å². The van der Waals surface area contributed by atoms with Gasteiger partial charge in [0.25, 0.3) is 0 Å². The molecule has 1 aliphatic rings. The fourth-order valence-electron chi connectivity index (χ4n) is 2.29. The maximum atomic E-state index is 13.7. The highest BCUT2D eigenvalue weighted by atomic mass is 19.1. The van der Waals surface area contributed by atoms with E-state index in [9.17, 15) is 18.7 Å². The van der Waals surface area contributed by atoms with Gasteiger partial charge in [0.1, 0.15) is 29.2 Å². The number of ketones is 1. The summed E-state index contributed by atoms with van der Waals surface area (Å²) in [4.78, 5) is 12.0. The third-order valence-corrected chi connectivity index (χ3v) is 3.23. The lowest BCUT2D eigenvalue weighted by molar-refractivity contribution is 0.0840. The zero-order chi connectivity index (χ0) is 14.3. The first-order chi connectivity index (χ1) is 9.56. The molecule has 2 aromatic carbocycles. The topological polar surface area (TPSA) is 46.5 Å². The highest BCUT2D eigenvalue weighted by Crippen LogP contribution is 2.37. The number of halogens is 2. The van der Waals surface area contributed by atoms with Crippen molar-refractivity contribution in [2.24, 2.45) is 0 Å². The van der Waals surface area contributed by atoms with Crippen molar-refractivity contribution in [3.05, 3.63) is 59.2 Å². The van der Waals surface area contributed by atoms with Crippen LogP contribution in [0.2, 0.25) is 0 Å². The number of phenols is 1. The molecule has 0 saturated carbocycles. The Labute approximate surface area is 113 Å². The molecule has 2 aromatic rings. The third-order valence-electron chi connectivity index (χ3n) is 3.23. The molecule has 0 radical (unpaired) electrons. The molecule has 0 bridgehead atoms. The lowest BCUT2D eigenvalue weighted by Gasteiger charge is -2.26. The van der Waals surface area contributed by atoms with E-state index in [2.05, 4.69) is 0 Å². The minimum absolute atomic E-state index is 0.0591. The van der Waals surface area contributed by atoms with Crippen LogP contribution in [-0.2, 0) is 0 Å². The number of carbonyl (C=O) groups is 1. The van der Waals surface area contributed by atoms with E-state index >= 15 is 0 Å². The number of rotatable bonds is 1. The van der Waals surface area contributed by atoms with E-state index in [1.807, 2.05) is 0 Å². The molecule has 0 amide bonds. The minimum atomic E-state index is -0.999. The Hall–Kier alpha value is -2.43. The van der Waals surface area contributed by atoms with Gasteiger partial charge in [-0.3, -0.25) is 4.79 Å². The summed E-state index contributed by atoms with van der Waals surface area (Å²) in [5, 5.41) is 9.35. The van der Waals surface area contributed by atoms with Gasteiger partial charge in [0, 0.05) is 0 Å². The van der Waals surface area contributed by atoms with Crippen molar-refractivity contribution >= 4 is 5.78 Å². The lowest BCUT2D eigenvalue weighted by atomic mass is 9.95. The number of phenolic OH excluding ortho intramolecular Hbond substituents is 1. The van der Waals surface area contributed by atoms with Crippen LogP contribution in [0.25, 0.3) is 0 Å². The van der Waals surface area contributed by atoms with Crippen molar-refractivity contribution in [2.45, 2.75) is 12.5 Å². The molecule has 3 rings (SSSR count). The van der Waals surface area contributed by atoms with E-state index in [0.29, 0.717) is 0 Å². The predicted molar refractivity (Wildman–Crippen MR) is 66.8 cm³/mol.